The molecule has 3 heterocycles. The van der Waals surface area contributed by atoms with E-state index >= 15 is 0 Å². The predicted octanol–water partition coefficient (Wildman–Crippen LogP) is 2.75. The maximum atomic E-state index is 13.9. The third-order valence-electron chi connectivity index (χ3n) is 6.40. The Balaban J connectivity index is 1.60. The highest BCUT2D eigenvalue weighted by Gasteiger charge is 2.50. The van der Waals surface area contributed by atoms with E-state index < -0.39 is 18.0 Å². The molecule has 2 aromatic rings. The topological polar surface area (TPSA) is 59.3 Å². The van der Waals surface area contributed by atoms with Gasteiger partial charge >= 0.3 is 6.18 Å². The molecule has 0 bridgehead atoms. The fourth-order valence-electron chi connectivity index (χ4n) is 4.74. The Kier molecular flexibility index (Phi) is 5.55. The highest BCUT2D eigenvalue weighted by Crippen LogP contribution is 2.41. The molecule has 0 spiro atoms. The lowest BCUT2D eigenvalue weighted by atomic mass is 9.95. The highest BCUT2D eigenvalue weighted by atomic mass is 19.4. The molecule has 2 saturated heterocycles. The Morgan fingerprint density at radius 2 is 1.87 bits per heavy atom. The van der Waals surface area contributed by atoms with E-state index in [4.69, 9.17) is 0 Å². The van der Waals surface area contributed by atoms with Crippen LogP contribution in [0.5, 0.6) is 0 Å². The number of benzene rings is 1. The summed E-state index contributed by atoms with van der Waals surface area (Å²) in [6.07, 6.45) is -0.273. The van der Waals surface area contributed by atoms with Crippen molar-refractivity contribution in [2.75, 3.05) is 51.7 Å². The van der Waals surface area contributed by atoms with Crippen molar-refractivity contribution in [1.29, 1.82) is 5.26 Å². The molecule has 0 saturated carbocycles. The first kappa shape index (κ1) is 20.8. The van der Waals surface area contributed by atoms with E-state index in [2.05, 4.69) is 25.8 Å². The number of rotatable bonds is 4. The van der Waals surface area contributed by atoms with Crippen LogP contribution >= 0.6 is 0 Å². The summed E-state index contributed by atoms with van der Waals surface area (Å²) in [6.45, 7) is 2.28. The monoisotopic (exact) mass is 418 g/mol. The number of halogens is 3. The summed E-state index contributed by atoms with van der Waals surface area (Å²) in [6, 6.07) is 5.79. The summed E-state index contributed by atoms with van der Waals surface area (Å²) in [4.78, 5) is 14.6. The quantitative estimate of drug-likeness (QED) is 0.761. The average molecular weight is 418 g/mol. The maximum Gasteiger partial charge on any atom is 0.393 e. The van der Waals surface area contributed by atoms with Crippen LogP contribution in [0.4, 0.5) is 18.9 Å². The van der Waals surface area contributed by atoms with Crippen LogP contribution in [-0.2, 0) is 0 Å². The first-order valence-electron chi connectivity index (χ1n) is 10.1. The molecule has 0 unspecified atom stereocenters. The van der Waals surface area contributed by atoms with Crippen molar-refractivity contribution < 1.29 is 13.2 Å². The standard InChI is InChI=1S/C21H25F3N6/c1-28(2)16-5-8-29(12-16)10-15-11-30(13-17(15)21(22,23)24)18-4-3-14(9-25)19-20(18)27-7-6-26-19/h3-4,6-7,15-17H,5,8,10-13H2,1-2H3/t15-,16+,17-/m0/s1. The summed E-state index contributed by atoms with van der Waals surface area (Å²) >= 11 is 0. The molecule has 4 rings (SSSR count). The van der Waals surface area contributed by atoms with Crippen LogP contribution in [0.1, 0.15) is 12.0 Å². The van der Waals surface area contributed by atoms with E-state index in [-0.39, 0.29) is 6.54 Å². The number of likely N-dealkylation sites (tertiary alicyclic amines) is 1. The first-order valence-corrected chi connectivity index (χ1v) is 10.1. The van der Waals surface area contributed by atoms with Crippen molar-refractivity contribution in [3.05, 3.63) is 30.1 Å². The second-order valence-electron chi connectivity index (χ2n) is 8.48. The van der Waals surface area contributed by atoms with Crippen LogP contribution in [0.15, 0.2) is 24.5 Å². The van der Waals surface area contributed by atoms with Gasteiger partial charge in [0.25, 0.3) is 0 Å². The molecule has 1 aromatic carbocycles. The Hall–Kier alpha value is -2.44. The molecule has 0 radical (unpaired) electrons. The minimum atomic E-state index is -4.26. The minimum Gasteiger partial charge on any atom is -0.369 e. The van der Waals surface area contributed by atoms with Gasteiger partial charge in [0.15, 0.2) is 0 Å². The average Bonchev–Trinajstić information content (AvgIpc) is 3.34. The molecule has 1 aromatic heterocycles. The molecule has 160 valence electrons. The lowest BCUT2D eigenvalue weighted by molar-refractivity contribution is -0.180. The molecule has 2 aliphatic rings. The fraction of sp³-hybridized carbons (Fsp3) is 0.571. The van der Waals surface area contributed by atoms with Gasteiger partial charge in [0.2, 0.25) is 0 Å². The lowest BCUT2D eigenvalue weighted by Gasteiger charge is -2.26. The zero-order valence-electron chi connectivity index (χ0n) is 17.1. The largest absolute Gasteiger partial charge is 0.393 e. The van der Waals surface area contributed by atoms with Crippen LogP contribution < -0.4 is 4.90 Å². The lowest BCUT2D eigenvalue weighted by Crippen LogP contribution is -2.38. The van der Waals surface area contributed by atoms with Crippen molar-refractivity contribution in [2.45, 2.75) is 18.6 Å². The zero-order valence-corrected chi connectivity index (χ0v) is 17.1. The van der Waals surface area contributed by atoms with Crippen molar-refractivity contribution >= 4 is 16.7 Å². The number of likely N-dealkylation sites (N-methyl/N-ethyl adjacent to an activating group) is 1. The highest BCUT2D eigenvalue weighted by molar-refractivity contribution is 5.92. The predicted molar refractivity (Wildman–Crippen MR) is 108 cm³/mol. The smallest absolute Gasteiger partial charge is 0.369 e. The summed E-state index contributed by atoms with van der Waals surface area (Å²) in [5, 5.41) is 9.31. The molecule has 3 atom stereocenters. The van der Waals surface area contributed by atoms with Gasteiger partial charge < -0.3 is 14.7 Å². The minimum absolute atomic E-state index is 0.101. The summed E-state index contributed by atoms with van der Waals surface area (Å²) < 4.78 is 41.7. The number of nitrogens with zero attached hydrogens (tertiary/aromatic N) is 6. The number of alkyl halides is 3. The van der Waals surface area contributed by atoms with Crippen molar-refractivity contribution in [1.82, 2.24) is 19.8 Å². The van der Waals surface area contributed by atoms with E-state index in [1.54, 1.807) is 17.0 Å². The van der Waals surface area contributed by atoms with Crippen LogP contribution in [0.2, 0.25) is 0 Å². The van der Waals surface area contributed by atoms with Gasteiger partial charge in [-0.05, 0) is 39.2 Å². The Labute approximate surface area is 173 Å². The van der Waals surface area contributed by atoms with E-state index in [9.17, 15) is 18.4 Å². The Morgan fingerprint density at radius 1 is 1.13 bits per heavy atom. The fourth-order valence-corrected chi connectivity index (χ4v) is 4.74. The van der Waals surface area contributed by atoms with Gasteiger partial charge in [-0.3, -0.25) is 9.97 Å². The van der Waals surface area contributed by atoms with E-state index in [1.807, 2.05) is 14.1 Å². The van der Waals surface area contributed by atoms with Gasteiger partial charge in [-0.2, -0.15) is 18.4 Å². The molecule has 0 aliphatic carbocycles. The molecule has 9 heteroatoms. The van der Waals surface area contributed by atoms with Crippen molar-refractivity contribution in [3.63, 3.8) is 0 Å². The van der Waals surface area contributed by atoms with Crippen LogP contribution in [0, 0.1) is 23.2 Å². The van der Waals surface area contributed by atoms with E-state index in [1.165, 1.54) is 12.4 Å². The van der Waals surface area contributed by atoms with Crippen LogP contribution in [0.3, 0.4) is 0 Å². The summed E-state index contributed by atoms with van der Waals surface area (Å²) in [5.41, 5.74) is 1.89. The molecule has 0 amide bonds. The number of hydrogen-bond acceptors (Lipinski definition) is 6. The molecule has 6 nitrogen and oxygen atoms in total. The third-order valence-corrected chi connectivity index (χ3v) is 6.40. The van der Waals surface area contributed by atoms with Crippen molar-refractivity contribution in [3.8, 4) is 6.07 Å². The number of nitriles is 1. The van der Waals surface area contributed by atoms with Gasteiger partial charge in [0.05, 0.1) is 17.2 Å². The molecule has 2 fully saturated rings. The molecule has 0 N–H and O–H groups in total. The summed E-state index contributed by atoms with van der Waals surface area (Å²) in [7, 11) is 4.03. The van der Waals surface area contributed by atoms with Crippen molar-refractivity contribution in [2.24, 2.45) is 11.8 Å². The normalized spacial score (nSPS) is 25.4. The summed E-state index contributed by atoms with van der Waals surface area (Å²) in [5.74, 6) is -1.90. The number of anilines is 1. The molecular formula is C21H25F3N6. The van der Waals surface area contributed by atoms with Gasteiger partial charge in [0.1, 0.15) is 17.1 Å². The van der Waals surface area contributed by atoms with Gasteiger partial charge in [-0.1, -0.05) is 0 Å². The Morgan fingerprint density at radius 3 is 2.50 bits per heavy atom. The Bertz CT molecular complexity index is 954. The van der Waals surface area contributed by atoms with E-state index in [0.717, 1.165) is 19.5 Å². The molecule has 2 aliphatic heterocycles. The SMILES string of the molecule is CN(C)[C@@H]1CCN(C[C@H]2CN(c3ccc(C#N)c4nccnc34)C[C@@H]2C(F)(F)F)C1. The molecule has 30 heavy (non-hydrogen) atoms. The second kappa shape index (κ2) is 8.00. The van der Waals surface area contributed by atoms with Crippen LogP contribution in [-0.4, -0.2) is 78.8 Å². The number of hydrogen-bond donors (Lipinski definition) is 0. The van der Waals surface area contributed by atoms with Crippen LogP contribution in [0.25, 0.3) is 11.0 Å². The van der Waals surface area contributed by atoms with Gasteiger partial charge in [-0.25, -0.2) is 0 Å². The van der Waals surface area contributed by atoms with Gasteiger partial charge in [-0.15, -0.1) is 0 Å². The molecular weight excluding hydrogens is 393 g/mol. The third kappa shape index (κ3) is 3.94. The number of fused-ring (bicyclic) bond motifs is 1. The van der Waals surface area contributed by atoms with Gasteiger partial charge in [0, 0.05) is 50.5 Å². The van der Waals surface area contributed by atoms with E-state index in [0.29, 0.717) is 41.4 Å². The second-order valence-corrected chi connectivity index (χ2v) is 8.48. The first-order chi connectivity index (χ1) is 14.3. The maximum absolute atomic E-state index is 13.9. The zero-order chi connectivity index (χ0) is 21.5. The number of aromatic nitrogens is 2.